The lowest BCUT2D eigenvalue weighted by atomic mass is 10.3. The fraction of sp³-hybridized carbons (Fsp3) is 0.0769. The van der Waals surface area contributed by atoms with Crippen LogP contribution in [0.2, 0.25) is 0 Å². The minimum atomic E-state index is 0.586. The topological polar surface area (TPSA) is 42.7 Å². The number of para-hydroxylation sites is 2. The van der Waals surface area contributed by atoms with Crippen LogP contribution in [-0.2, 0) is 6.67 Å². The molecule has 0 spiro atoms. The molecule has 1 aromatic heterocycles. The van der Waals surface area contributed by atoms with E-state index in [4.69, 9.17) is 0 Å². The maximum atomic E-state index is 4.13. The third kappa shape index (κ3) is 2.09. The number of fused-ring (bicyclic) bond motifs is 1. The second-order valence-electron chi connectivity index (χ2n) is 3.89. The van der Waals surface area contributed by atoms with Gasteiger partial charge in [-0.25, -0.2) is 4.68 Å². The average Bonchev–Trinajstić information content (AvgIpc) is 2.81. The van der Waals surface area contributed by atoms with E-state index >= 15 is 0 Å². The monoisotopic (exact) mass is 302 g/mol. The SMILES string of the molecule is Brc1ccccc1NCn1nnc2ccccc21. The minimum Gasteiger partial charge on any atom is -0.365 e. The number of nitrogens with zero attached hydrogens (tertiary/aromatic N) is 3. The molecular weight excluding hydrogens is 292 g/mol. The summed E-state index contributed by atoms with van der Waals surface area (Å²) in [4.78, 5) is 0. The fourth-order valence-corrected chi connectivity index (χ4v) is 2.22. The van der Waals surface area contributed by atoms with Crippen LogP contribution in [0.25, 0.3) is 11.0 Å². The molecule has 5 heteroatoms. The largest absolute Gasteiger partial charge is 0.365 e. The molecule has 0 radical (unpaired) electrons. The van der Waals surface area contributed by atoms with Gasteiger partial charge in [-0.15, -0.1) is 5.10 Å². The molecule has 90 valence electrons. The molecule has 0 unspecified atom stereocenters. The van der Waals surface area contributed by atoms with E-state index in [0.29, 0.717) is 6.67 Å². The van der Waals surface area contributed by atoms with Gasteiger partial charge in [0, 0.05) is 10.2 Å². The maximum absolute atomic E-state index is 4.13. The molecule has 0 aliphatic carbocycles. The first kappa shape index (κ1) is 11.2. The Kier molecular flexibility index (Phi) is 2.98. The van der Waals surface area contributed by atoms with E-state index in [1.54, 1.807) is 0 Å². The van der Waals surface area contributed by atoms with Gasteiger partial charge in [0.15, 0.2) is 0 Å². The summed E-state index contributed by atoms with van der Waals surface area (Å²) in [6, 6.07) is 15.9. The Balaban J connectivity index is 1.83. The van der Waals surface area contributed by atoms with Gasteiger partial charge in [-0.2, -0.15) is 0 Å². The lowest BCUT2D eigenvalue weighted by Crippen LogP contribution is -2.09. The quantitative estimate of drug-likeness (QED) is 0.807. The first-order chi connectivity index (χ1) is 8.84. The van der Waals surface area contributed by atoms with Crippen LogP contribution < -0.4 is 5.32 Å². The summed E-state index contributed by atoms with van der Waals surface area (Å²) in [5, 5.41) is 11.6. The number of halogens is 1. The smallest absolute Gasteiger partial charge is 0.113 e. The van der Waals surface area contributed by atoms with Crippen molar-refractivity contribution in [2.45, 2.75) is 6.67 Å². The van der Waals surface area contributed by atoms with Gasteiger partial charge >= 0.3 is 0 Å². The molecule has 3 aromatic rings. The van der Waals surface area contributed by atoms with E-state index in [-0.39, 0.29) is 0 Å². The summed E-state index contributed by atoms with van der Waals surface area (Å²) in [5.74, 6) is 0. The van der Waals surface area contributed by atoms with Crippen molar-refractivity contribution in [1.82, 2.24) is 15.0 Å². The van der Waals surface area contributed by atoms with Crippen molar-refractivity contribution in [3.05, 3.63) is 53.0 Å². The molecule has 1 N–H and O–H groups in total. The van der Waals surface area contributed by atoms with E-state index in [1.165, 1.54) is 0 Å². The molecule has 4 nitrogen and oxygen atoms in total. The Morgan fingerprint density at radius 1 is 1.06 bits per heavy atom. The van der Waals surface area contributed by atoms with E-state index in [9.17, 15) is 0 Å². The Labute approximate surface area is 113 Å². The second kappa shape index (κ2) is 4.78. The van der Waals surface area contributed by atoms with E-state index in [2.05, 4.69) is 31.6 Å². The van der Waals surface area contributed by atoms with E-state index in [1.807, 2.05) is 53.2 Å². The number of hydrogen-bond acceptors (Lipinski definition) is 3. The Morgan fingerprint density at radius 3 is 2.72 bits per heavy atom. The van der Waals surface area contributed by atoms with Gasteiger partial charge in [0.05, 0.1) is 5.52 Å². The molecule has 18 heavy (non-hydrogen) atoms. The number of rotatable bonds is 3. The average molecular weight is 303 g/mol. The van der Waals surface area contributed by atoms with Crippen molar-refractivity contribution < 1.29 is 0 Å². The summed E-state index contributed by atoms with van der Waals surface area (Å²) in [6.45, 7) is 0.586. The lowest BCUT2D eigenvalue weighted by Gasteiger charge is -2.08. The van der Waals surface area contributed by atoms with Crippen molar-refractivity contribution in [3.63, 3.8) is 0 Å². The summed E-state index contributed by atoms with van der Waals surface area (Å²) < 4.78 is 2.88. The summed E-state index contributed by atoms with van der Waals surface area (Å²) in [5.41, 5.74) is 2.97. The van der Waals surface area contributed by atoms with E-state index < -0.39 is 0 Å². The molecule has 0 atom stereocenters. The molecule has 0 aliphatic rings. The third-order valence-electron chi connectivity index (χ3n) is 2.71. The number of anilines is 1. The van der Waals surface area contributed by atoms with Crippen LogP contribution in [-0.4, -0.2) is 15.0 Å². The minimum absolute atomic E-state index is 0.586. The van der Waals surface area contributed by atoms with Gasteiger partial charge in [-0.1, -0.05) is 29.5 Å². The molecule has 1 heterocycles. The molecule has 0 saturated heterocycles. The molecular formula is C13H11BrN4. The van der Waals surface area contributed by atoms with Crippen molar-refractivity contribution in [3.8, 4) is 0 Å². The van der Waals surface area contributed by atoms with Crippen LogP contribution in [0.15, 0.2) is 53.0 Å². The van der Waals surface area contributed by atoms with E-state index in [0.717, 1.165) is 21.2 Å². The molecule has 0 fully saturated rings. The predicted molar refractivity (Wildman–Crippen MR) is 75.3 cm³/mol. The van der Waals surface area contributed by atoms with Crippen LogP contribution in [0.5, 0.6) is 0 Å². The van der Waals surface area contributed by atoms with Gasteiger partial charge in [-0.3, -0.25) is 0 Å². The lowest BCUT2D eigenvalue weighted by molar-refractivity contribution is 0.655. The summed E-state index contributed by atoms with van der Waals surface area (Å²) in [7, 11) is 0. The summed E-state index contributed by atoms with van der Waals surface area (Å²) in [6.07, 6.45) is 0. The van der Waals surface area contributed by atoms with Crippen molar-refractivity contribution in [2.75, 3.05) is 5.32 Å². The highest BCUT2D eigenvalue weighted by Crippen LogP contribution is 2.21. The van der Waals surface area contributed by atoms with Crippen molar-refractivity contribution >= 4 is 32.7 Å². The number of nitrogens with one attached hydrogen (secondary N) is 1. The second-order valence-corrected chi connectivity index (χ2v) is 4.75. The van der Waals surface area contributed by atoms with Gasteiger partial charge in [0.25, 0.3) is 0 Å². The molecule has 3 rings (SSSR count). The third-order valence-corrected chi connectivity index (χ3v) is 3.40. The molecule has 0 amide bonds. The number of benzene rings is 2. The fourth-order valence-electron chi connectivity index (χ4n) is 1.80. The summed E-state index contributed by atoms with van der Waals surface area (Å²) >= 11 is 3.50. The first-order valence-electron chi connectivity index (χ1n) is 5.61. The van der Waals surface area contributed by atoms with Gasteiger partial charge in [0.2, 0.25) is 0 Å². The zero-order valence-corrected chi connectivity index (χ0v) is 11.1. The Bertz CT molecular complexity index is 677. The molecule has 0 bridgehead atoms. The van der Waals surface area contributed by atoms with Crippen LogP contribution >= 0.6 is 15.9 Å². The highest BCUT2D eigenvalue weighted by atomic mass is 79.9. The molecule has 2 aromatic carbocycles. The van der Waals surface area contributed by atoms with Crippen LogP contribution in [0, 0.1) is 0 Å². The molecule has 0 aliphatic heterocycles. The van der Waals surface area contributed by atoms with Gasteiger partial charge < -0.3 is 5.32 Å². The zero-order valence-electron chi connectivity index (χ0n) is 9.55. The van der Waals surface area contributed by atoms with Crippen molar-refractivity contribution in [2.24, 2.45) is 0 Å². The number of aromatic nitrogens is 3. The first-order valence-corrected chi connectivity index (χ1v) is 6.40. The molecule has 0 saturated carbocycles. The van der Waals surface area contributed by atoms with Crippen LogP contribution in [0.3, 0.4) is 0 Å². The van der Waals surface area contributed by atoms with Crippen LogP contribution in [0.1, 0.15) is 0 Å². The van der Waals surface area contributed by atoms with Crippen molar-refractivity contribution in [1.29, 1.82) is 0 Å². The Morgan fingerprint density at radius 2 is 1.83 bits per heavy atom. The van der Waals surface area contributed by atoms with Gasteiger partial charge in [0.1, 0.15) is 12.2 Å². The normalized spacial score (nSPS) is 10.7. The zero-order chi connectivity index (χ0) is 12.4. The highest BCUT2D eigenvalue weighted by Gasteiger charge is 2.03. The Hall–Kier alpha value is -1.88. The highest BCUT2D eigenvalue weighted by molar-refractivity contribution is 9.10. The standard InChI is InChI=1S/C13H11BrN4/c14-10-5-1-2-6-11(10)15-9-18-13-8-4-3-7-12(13)16-17-18/h1-8,15H,9H2. The maximum Gasteiger partial charge on any atom is 0.113 e. The predicted octanol–water partition coefficient (Wildman–Crippen LogP) is 3.26. The van der Waals surface area contributed by atoms with Crippen LogP contribution in [0.4, 0.5) is 5.69 Å². The van der Waals surface area contributed by atoms with Gasteiger partial charge in [-0.05, 0) is 40.2 Å². The number of hydrogen-bond donors (Lipinski definition) is 1.